The molecule has 0 unspecified atom stereocenters. The Balaban J connectivity index is 1.46. The number of carbonyl (C=O) groups excluding carboxylic acids is 1. The highest BCUT2D eigenvalue weighted by Crippen LogP contribution is 2.23. The highest BCUT2D eigenvalue weighted by Gasteiger charge is 2.24. The summed E-state index contributed by atoms with van der Waals surface area (Å²) in [5.41, 5.74) is 7.06. The van der Waals surface area contributed by atoms with Crippen molar-refractivity contribution in [3.63, 3.8) is 0 Å². The molecule has 1 aromatic heterocycles. The molecule has 0 aliphatic carbocycles. The number of aryl methyl sites for hydroxylation is 2. The predicted octanol–water partition coefficient (Wildman–Crippen LogP) is 4.62. The molecule has 164 valence electrons. The fourth-order valence-electron chi connectivity index (χ4n) is 4.59. The number of benzene rings is 2. The fraction of sp³-hybridized carbons (Fsp3) is 0.333. The van der Waals surface area contributed by atoms with Crippen LogP contribution in [0.25, 0.3) is 5.69 Å². The molecule has 1 amide bonds. The molecule has 0 N–H and O–H groups in total. The highest BCUT2D eigenvalue weighted by atomic mass is 16.2. The average Bonchev–Trinajstić information content (AvgIpc) is 2.94. The predicted molar refractivity (Wildman–Crippen MR) is 127 cm³/mol. The van der Waals surface area contributed by atoms with Gasteiger partial charge in [-0.15, -0.1) is 0 Å². The second-order valence-electron chi connectivity index (χ2n) is 8.69. The van der Waals surface area contributed by atoms with Crippen LogP contribution in [0, 0.1) is 32.1 Å². The summed E-state index contributed by atoms with van der Waals surface area (Å²) in [5, 5.41) is 8.98. The summed E-state index contributed by atoms with van der Waals surface area (Å²) in [6.07, 6.45) is 0.957. The summed E-state index contributed by atoms with van der Waals surface area (Å²) in [4.78, 5) is 17.8. The van der Waals surface area contributed by atoms with Crippen molar-refractivity contribution in [2.45, 2.75) is 33.7 Å². The van der Waals surface area contributed by atoms with E-state index in [0.717, 1.165) is 61.8 Å². The third kappa shape index (κ3) is 4.61. The van der Waals surface area contributed by atoms with E-state index in [-0.39, 0.29) is 5.91 Å². The summed E-state index contributed by atoms with van der Waals surface area (Å²) in [6, 6.07) is 20.4. The molecule has 32 heavy (non-hydrogen) atoms. The number of hydrogen-bond acceptors (Lipinski definition) is 3. The van der Waals surface area contributed by atoms with E-state index < -0.39 is 0 Å². The van der Waals surface area contributed by atoms with Gasteiger partial charge in [0.05, 0.1) is 17.2 Å². The Morgan fingerprint density at radius 1 is 0.969 bits per heavy atom. The van der Waals surface area contributed by atoms with Gasteiger partial charge in [-0.05, 0) is 68.7 Å². The van der Waals surface area contributed by atoms with Gasteiger partial charge >= 0.3 is 0 Å². The zero-order valence-electron chi connectivity index (χ0n) is 19.1. The Hall–Kier alpha value is -3.36. The van der Waals surface area contributed by atoms with E-state index in [0.29, 0.717) is 5.56 Å². The topological polar surface area (TPSA) is 52.3 Å². The van der Waals surface area contributed by atoms with Gasteiger partial charge < -0.3 is 9.47 Å². The number of amides is 1. The van der Waals surface area contributed by atoms with Crippen LogP contribution in [-0.2, 0) is 6.54 Å². The monoisotopic (exact) mass is 426 g/mol. The van der Waals surface area contributed by atoms with Crippen molar-refractivity contribution in [3.05, 3.63) is 88.2 Å². The van der Waals surface area contributed by atoms with E-state index >= 15 is 0 Å². The first-order valence-corrected chi connectivity index (χ1v) is 11.2. The maximum atomic E-state index is 13.4. The standard InChI is InChI=1S/C27H30N4O/c1-20-6-4-7-25(16-20)31-21(2)17-26(22(31)3)27(32)30-13-5-12-29(14-15-30)19-24-10-8-23(18-28)9-11-24/h4,6-11,16-17H,5,12-15,19H2,1-3H3. The number of carbonyl (C=O) groups is 1. The summed E-state index contributed by atoms with van der Waals surface area (Å²) < 4.78 is 2.18. The third-order valence-electron chi connectivity index (χ3n) is 6.29. The van der Waals surface area contributed by atoms with Crippen LogP contribution < -0.4 is 0 Å². The lowest BCUT2D eigenvalue weighted by Gasteiger charge is -2.22. The van der Waals surface area contributed by atoms with Crippen molar-refractivity contribution in [1.29, 1.82) is 5.26 Å². The minimum absolute atomic E-state index is 0.122. The van der Waals surface area contributed by atoms with Crippen LogP contribution in [0.5, 0.6) is 0 Å². The van der Waals surface area contributed by atoms with E-state index in [1.807, 2.05) is 42.2 Å². The second kappa shape index (κ2) is 9.42. The Morgan fingerprint density at radius 3 is 2.47 bits per heavy atom. The highest BCUT2D eigenvalue weighted by molar-refractivity contribution is 5.96. The van der Waals surface area contributed by atoms with Crippen molar-refractivity contribution >= 4 is 5.91 Å². The molecule has 1 aliphatic heterocycles. The van der Waals surface area contributed by atoms with Crippen LogP contribution in [0.3, 0.4) is 0 Å². The molecule has 0 bridgehead atoms. The maximum absolute atomic E-state index is 13.4. The molecule has 5 nitrogen and oxygen atoms in total. The summed E-state index contributed by atoms with van der Waals surface area (Å²) in [5.74, 6) is 0.122. The zero-order chi connectivity index (χ0) is 22.7. The van der Waals surface area contributed by atoms with E-state index in [2.05, 4.69) is 53.6 Å². The minimum atomic E-state index is 0.122. The zero-order valence-corrected chi connectivity index (χ0v) is 19.1. The molecule has 1 saturated heterocycles. The first-order chi connectivity index (χ1) is 15.5. The van der Waals surface area contributed by atoms with E-state index in [9.17, 15) is 4.79 Å². The van der Waals surface area contributed by atoms with Gasteiger partial charge in [0.25, 0.3) is 5.91 Å². The normalized spacial score (nSPS) is 14.8. The largest absolute Gasteiger partial charge is 0.337 e. The average molecular weight is 427 g/mol. The van der Waals surface area contributed by atoms with Crippen LogP contribution in [0.4, 0.5) is 0 Å². The Morgan fingerprint density at radius 2 is 1.75 bits per heavy atom. The van der Waals surface area contributed by atoms with Crippen molar-refractivity contribution in [1.82, 2.24) is 14.4 Å². The van der Waals surface area contributed by atoms with E-state index in [4.69, 9.17) is 5.26 Å². The van der Waals surface area contributed by atoms with Crippen LogP contribution in [-0.4, -0.2) is 46.5 Å². The fourth-order valence-corrected chi connectivity index (χ4v) is 4.59. The number of rotatable bonds is 4. The van der Waals surface area contributed by atoms with Gasteiger partial charge in [0.2, 0.25) is 0 Å². The van der Waals surface area contributed by atoms with Gasteiger partial charge in [-0.2, -0.15) is 5.26 Å². The first kappa shape index (κ1) is 21.9. The van der Waals surface area contributed by atoms with E-state index in [1.165, 1.54) is 11.1 Å². The molecule has 2 heterocycles. The van der Waals surface area contributed by atoms with Crippen LogP contribution in [0.15, 0.2) is 54.6 Å². The van der Waals surface area contributed by atoms with Gasteiger partial charge in [0, 0.05) is 49.8 Å². The van der Waals surface area contributed by atoms with Crippen molar-refractivity contribution in [2.24, 2.45) is 0 Å². The Labute approximate surface area is 190 Å². The van der Waals surface area contributed by atoms with Crippen LogP contribution >= 0.6 is 0 Å². The third-order valence-corrected chi connectivity index (χ3v) is 6.29. The minimum Gasteiger partial charge on any atom is -0.337 e. The molecule has 0 saturated carbocycles. The molecule has 2 aromatic carbocycles. The molecule has 0 atom stereocenters. The van der Waals surface area contributed by atoms with Crippen LogP contribution in [0.2, 0.25) is 0 Å². The molecule has 3 aromatic rings. The number of hydrogen-bond donors (Lipinski definition) is 0. The lowest BCUT2D eigenvalue weighted by atomic mass is 10.1. The lowest BCUT2D eigenvalue weighted by molar-refractivity contribution is 0.0760. The quantitative estimate of drug-likeness (QED) is 0.612. The Kier molecular flexibility index (Phi) is 6.43. The lowest BCUT2D eigenvalue weighted by Crippen LogP contribution is -2.35. The maximum Gasteiger partial charge on any atom is 0.255 e. The van der Waals surface area contributed by atoms with Crippen molar-refractivity contribution in [2.75, 3.05) is 26.2 Å². The van der Waals surface area contributed by atoms with Gasteiger partial charge in [-0.3, -0.25) is 9.69 Å². The molecule has 0 radical (unpaired) electrons. The molecule has 1 fully saturated rings. The van der Waals surface area contributed by atoms with Crippen LogP contribution in [0.1, 0.15) is 44.9 Å². The number of aromatic nitrogens is 1. The Bertz CT molecular complexity index is 1150. The molecular weight excluding hydrogens is 396 g/mol. The second-order valence-corrected chi connectivity index (χ2v) is 8.69. The molecule has 0 spiro atoms. The SMILES string of the molecule is Cc1cccc(-n2c(C)cc(C(=O)N3CCCN(Cc4ccc(C#N)cc4)CC3)c2C)c1. The van der Waals surface area contributed by atoms with Gasteiger partial charge in [0.1, 0.15) is 0 Å². The number of nitrogens with zero attached hydrogens (tertiary/aromatic N) is 4. The molecular formula is C27H30N4O. The van der Waals surface area contributed by atoms with Gasteiger partial charge in [-0.25, -0.2) is 0 Å². The molecule has 4 rings (SSSR count). The first-order valence-electron chi connectivity index (χ1n) is 11.2. The van der Waals surface area contributed by atoms with E-state index in [1.54, 1.807) is 0 Å². The van der Waals surface area contributed by atoms with Crippen molar-refractivity contribution < 1.29 is 4.79 Å². The number of nitriles is 1. The summed E-state index contributed by atoms with van der Waals surface area (Å²) in [6.45, 7) is 10.3. The summed E-state index contributed by atoms with van der Waals surface area (Å²) >= 11 is 0. The summed E-state index contributed by atoms with van der Waals surface area (Å²) in [7, 11) is 0. The molecule has 1 aliphatic rings. The molecule has 5 heteroatoms. The van der Waals surface area contributed by atoms with Crippen molar-refractivity contribution in [3.8, 4) is 11.8 Å². The van der Waals surface area contributed by atoms with Gasteiger partial charge in [-0.1, -0.05) is 24.3 Å². The smallest absolute Gasteiger partial charge is 0.255 e. The van der Waals surface area contributed by atoms with Gasteiger partial charge in [0.15, 0.2) is 0 Å².